The van der Waals surface area contributed by atoms with E-state index >= 15 is 0 Å². The fourth-order valence-corrected chi connectivity index (χ4v) is 3.38. The van der Waals surface area contributed by atoms with Gasteiger partial charge in [0.25, 0.3) is 0 Å². The molecule has 3 rings (SSSR count). The molecule has 0 aliphatic rings. The molecule has 0 unspecified atom stereocenters. The Morgan fingerprint density at radius 1 is 1.00 bits per heavy atom. The zero-order valence-electron chi connectivity index (χ0n) is 15.5. The number of nitriles is 1. The number of nitrogens with zero attached hydrogens (tertiary/aromatic N) is 3. The Bertz CT molecular complexity index is 998. The van der Waals surface area contributed by atoms with Crippen LogP contribution in [0.4, 0.5) is 0 Å². The zero-order valence-corrected chi connectivity index (χ0v) is 17.0. The topological polar surface area (TPSA) is 58.8 Å². The van der Waals surface area contributed by atoms with Crippen LogP contribution in [0.3, 0.4) is 0 Å². The molecule has 0 amide bonds. The van der Waals surface area contributed by atoms with Crippen molar-refractivity contribution >= 4 is 23.2 Å². The molecular formula is C22H19Cl2N3O. The summed E-state index contributed by atoms with van der Waals surface area (Å²) in [7, 11) is 0. The van der Waals surface area contributed by atoms with E-state index in [2.05, 4.69) is 16.0 Å². The SMILES string of the molecule is CCc1ncnc(CCCc2ccc(Oc3ccc(C#N)cc3Cl)cc2)c1Cl. The van der Waals surface area contributed by atoms with Gasteiger partial charge in [0, 0.05) is 0 Å². The van der Waals surface area contributed by atoms with E-state index in [0.29, 0.717) is 27.1 Å². The van der Waals surface area contributed by atoms with Crippen LogP contribution in [0.15, 0.2) is 48.8 Å². The molecule has 3 aromatic rings. The summed E-state index contributed by atoms with van der Waals surface area (Å²) < 4.78 is 5.80. The first kappa shape index (κ1) is 20.1. The summed E-state index contributed by atoms with van der Waals surface area (Å²) in [5, 5.41) is 10.00. The summed E-state index contributed by atoms with van der Waals surface area (Å²) in [6.45, 7) is 2.03. The number of hydrogen-bond donors (Lipinski definition) is 0. The van der Waals surface area contributed by atoms with Crippen LogP contribution < -0.4 is 4.74 Å². The summed E-state index contributed by atoms with van der Waals surface area (Å²) in [6.07, 6.45) is 5.06. The minimum absolute atomic E-state index is 0.413. The number of ether oxygens (including phenoxy) is 1. The first-order valence-corrected chi connectivity index (χ1v) is 9.81. The molecule has 0 atom stereocenters. The Morgan fingerprint density at radius 3 is 2.43 bits per heavy atom. The minimum atomic E-state index is 0.413. The van der Waals surface area contributed by atoms with E-state index in [4.69, 9.17) is 33.2 Å². The van der Waals surface area contributed by atoms with Gasteiger partial charge in [-0.25, -0.2) is 9.97 Å². The fourth-order valence-electron chi connectivity index (χ4n) is 2.83. The third-order valence-corrected chi connectivity index (χ3v) is 5.09. The fraction of sp³-hybridized carbons (Fsp3) is 0.227. The van der Waals surface area contributed by atoms with Crippen molar-refractivity contribution in [3.8, 4) is 17.6 Å². The Balaban J connectivity index is 1.57. The molecule has 6 heteroatoms. The van der Waals surface area contributed by atoms with Gasteiger partial charge in [0.05, 0.1) is 33.1 Å². The lowest BCUT2D eigenvalue weighted by atomic mass is 10.1. The first-order valence-electron chi connectivity index (χ1n) is 9.05. The quantitative estimate of drug-likeness (QED) is 0.465. The van der Waals surface area contributed by atoms with Gasteiger partial charge in [0.15, 0.2) is 0 Å². The molecule has 142 valence electrons. The van der Waals surface area contributed by atoms with Gasteiger partial charge in [-0.05, 0) is 61.6 Å². The number of hydrogen-bond acceptors (Lipinski definition) is 4. The third-order valence-electron chi connectivity index (χ3n) is 4.36. The molecule has 0 fully saturated rings. The lowest BCUT2D eigenvalue weighted by molar-refractivity contribution is 0.482. The van der Waals surface area contributed by atoms with Crippen LogP contribution >= 0.6 is 23.2 Å². The molecule has 2 aromatic carbocycles. The highest BCUT2D eigenvalue weighted by molar-refractivity contribution is 6.32. The highest BCUT2D eigenvalue weighted by atomic mass is 35.5. The van der Waals surface area contributed by atoms with E-state index in [0.717, 1.165) is 37.1 Å². The Hall–Kier alpha value is -2.61. The predicted octanol–water partition coefficient (Wildman–Crippen LogP) is 6.19. The highest BCUT2D eigenvalue weighted by Crippen LogP contribution is 2.30. The minimum Gasteiger partial charge on any atom is -0.456 e. The number of rotatable bonds is 7. The molecule has 0 saturated heterocycles. The lowest BCUT2D eigenvalue weighted by Gasteiger charge is -2.09. The monoisotopic (exact) mass is 411 g/mol. The Kier molecular flexibility index (Phi) is 6.86. The van der Waals surface area contributed by atoms with Crippen molar-refractivity contribution in [2.75, 3.05) is 0 Å². The molecule has 4 nitrogen and oxygen atoms in total. The van der Waals surface area contributed by atoms with Crippen molar-refractivity contribution < 1.29 is 4.74 Å². The first-order chi connectivity index (χ1) is 13.6. The molecule has 28 heavy (non-hydrogen) atoms. The molecule has 0 spiro atoms. The van der Waals surface area contributed by atoms with Crippen molar-refractivity contribution in [2.45, 2.75) is 32.6 Å². The molecule has 0 bridgehead atoms. The highest BCUT2D eigenvalue weighted by Gasteiger charge is 2.08. The average molecular weight is 412 g/mol. The van der Waals surface area contributed by atoms with Crippen molar-refractivity contribution in [3.63, 3.8) is 0 Å². The maximum Gasteiger partial charge on any atom is 0.146 e. The van der Waals surface area contributed by atoms with Crippen molar-refractivity contribution in [2.24, 2.45) is 0 Å². The van der Waals surface area contributed by atoms with Gasteiger partial charge in [-0.2, -0.15) is 5.26 Å². The van der Waals surface area contributed by atoms with Gasteiger partial charge in [-0.15, -0.1) is 0 Å². The van der Waals surface area contributed by atoms with Gasteiger partial charge >= 0.3 is 0 Å². The van der Waals surface area contributed by atoms with Crippen LogP contribution in [0, 0.1) is 11.3 Å². The summed E-state index contributed by atoms with van der Waals surface area (Å²) in [5.41, 5.74) is 3.51. The standard InChI is InChI=1S/C22H19Cl2N3O/c1-2-19-22(24)20(27-14-26-19)5-3-4-15-6-9-17(10-7-15)28-21-11-8-16(13-25)12-18(21)23/h6-12,14H,2-5H2,1H3. The Labute approximate surface area is 174 Å². The van der Waals surface area contributed by atoms with Crippen LogP contribution in [-0.2, 0) is 19.3 Å². The van der Waals surface area contributed by atoms with E-state index in [1.54, 1.807) is 24.5 Å². The van der Waals surface area contributed by atoms with Gasteiger partial charge in [0.2, 0.25) is 0 Å². The molecule has 1 heterocycles. The number of aryl methyl sites for hydroxylation is 3. The van der Waals surface area contributed by atoms with E-state index in [9.17, 15) is 0 Å². The number of aromatic nitrogens is 2. The molecular weight excluding hydrogens is 393 g/mol. The maximum atomic E-state index is 8.89. The van der Waals surface area contributed by atoms with Gasteiger partial charge in [0.1, 0.15) is 17.8 Å². The van der Waals surface area contributed by atoms with Crippen LogP contribution in [0.2, 0.25) is 10.0 Å². The van der Waals surface area contributed by atoms with Crippen LogP contribution in [-0.4, -0.2) is 9.97 Å². The predicted molar refractivity (Wildman–Crippen MR) is 111 cm³/mol. The van der Waals surface area contributed by atoms with Crippen LogP contribution in [0.25, 0.3) is 0 Å². The van der Waals surface area contributed by atoms with Crippen molar-refractivity contribution in [3.05, 3.63) is 81.4 Å². The molecule has 0 saturated carbocycles. The van der Waals surface area contributed by atoms with Gasteiger partial charge in [-0.1, -0.05) is 42.3 Å². The van der Waals surface area contributed by atoms with E-state index < -0.39 is 0 Å². The molecule has 0 radical (unpaired) electrons. The summed E-state index contributed by atoms with van der Waals surface area (Å²) >= 11 is 12.5. The number of benzene rings is 2. The largest absolute Gasteiger partial charge is 0.456 e. The third kappa shape index (κ3) is 5.01. The average Bonchev–Trinajstić information content (AvgIpc) is 2.72. The molecule has 1 aromatic heterocycles. The molecule has 0 aliphatic carbocycles. The second kappa shape index (κ2) is 9.54. The second-order valence-electron chi connectivity index (χ2n) is 6.29. The van der Waals surface area contributed by atoms with Gasteiger partial charge in [-0.3, -0.25) is 0 Å². The van der Waals surface area contributed by atoms with E-state index in [1.807, 2.05) is 31.2 Å². The second-order valence-corrected chi connectivity index (χ2v) is 7.08. The summed E-state index contributed by atoms with van der Waals surface area (Å²) in [6, 6.07) is 14.9. The smallest absolute Gasteiger partial charge is 0.146 e. The number of halogens is 2. The van der Waals surface area contributed by atoms with Crippen molar-refractivity contribution in [1.29, 1.82) is 5.26 Å². The normalized spacial score (nSPS) is 10.5. The zero-order chi connectivity index (χ0) is 19.9. The maximum absolute atomic E-state index is 8.89. The van der Waals surface area contributed by atoms with Gasteiger partial charge < -0.3 is 4.74 Å². The molecule has 0 N–H and O–H groups in total. The lowest BCUT2D eigenvalue weighted by Crippen LogP contribution is -1.99. The van der Waals surface area contributed by atoms with Crippen molar-refractivity contribution in [1.82, 2.24) is 9.97 Å². The van der Waals surface area contributed by atoms with E-state index in [1.165, 1.54) is 5.56 Å². The summed E-state index contributed by atoms with van der Waals surface area (Å²) in [4.78, 5) is 8.51. The summed E-state index contributed by atoms with van der Waals surface area (Å²) in [5.74, 6) is 1.22. The van der Waals surface area contributed by atoms with Crippen LogP contribution in [0.5, 0.6) is 11.5 Å². The Morgan fingerprint density at radius 2 is 1.75 bits per heavy atom. The van der Waals surface area contributed by atoms with Crippen LogP contribution in [0.1, 0.15) is 35.9 Å². The van der Waals surface area contributed by atoms with E-state index in [-0.39, 0.29) is 0 Å². The molecule has 0 aliphatic heterocycles.